The second kappa shape index (κ2) is 8.45. The van der Waals surface area contributed by atoms with Crippen molar-refractivity contribution in [1.82, 2.24) is 10.3 Å². The van der Waals surface area contributed by atoms with Gasteiger partial charge in [0, 0.05) is 29.9 Å². The van der Waals surface area contributed by atoms with Crippen molar-refractivity contribution >= 4 is 39.7 Å². The largest absolute Gasteiger partial charge is 0.305 e. The Morgan fingerprint density at radius 2 is 2.00 bits per heavy atom. The van der Waals surface area contributed by atoms with Crippen LogP contribution in [0.4, 0.5) is 10.8 Å². The fourth-order valence-corrected chi connectivity index (χ4v) is 3.72. The lowest BCUT2D eigenvalue weighted by atomic mass is 10.1. The second-order valence-corrected chi connectivity index (χ2v) is 7.24. The summed E-state index contributed by atoms with van der Waals surface area (Å²) in [5.41, 5.74) is 2.85. The van der Waals surface area contributed by atoms with Crippen LogP contribution in [-0.4, -0.2) is 10.9 Å². The molecular formula is C20H20ClN3OS. The summed E-state index contributed by atoms with van der Waals surface area (Å²) in [6.07, 6.45) is 0. The van der Waals surface area contributed by atoms with Gasteiger partial charge in [0.25, 0.3) is 0 Å². The van der Waals surface area contributed by atoms with Gasteiger partial charge < -0.3 is 5.32 Å². The van der Waals surface area contributed by atoms with Crippen molar-refractivity contribution in [2.45, 2.75) is 26.4 Å². The summed E-state index contributed by atoms with van der Waals surface area (Å²) in [5.74, 6) is -0.0580. The van der Waals surface area contributed by atoms with E-state index in [1.807, 2.05) is 60.0 Å². The van der Waals surface area contributed by atoms with Gasteiger partial charge >= 0.3 is 0 Å². The summed E-state index contributed by atoms with van der Waals surface area (Å²) >= 11 is 7.52. The number of amides is 1. The Balaban J connectivity index is 1.70. The molecule has 6 heteroatoms. The van der Waals surface area contributed by atoms with E-state index in [0.717, 1.165) is 22.0 Å². The molecule has 0 unspecified atom stereocenters. The summed E-state index contributed by atoms with van der Waals surface area (Å²) in [4.78, 5) is 18.4. The maximum Gasteiger partial charge on any atom is 0.230 e. The molecule has 0 saturated heterocycles. The van der Waals surface area contributed by atoms with Crippen molar-refractivity contribution in [2.75, 3.05) is 4.90 Å². The first-order valence-electron chi connectivity index (χ1n) is 8.33. The van der Waals surface area contributed by atoms with Gasteiger partial charge in [-0.25, -0.2) is 4.98 Å². The van der Waals surface area contributed by atoms with E-state index >= 15 is 0 Å². The van der Waals surface area contributed by atoms with Crippen LogP contribution in [0.3, 0.4) is 0 Å². The molecule has 1 N–H and O–H groups in total. The van der Waals surface area contributed by atoms with Crippen LogP contribution in [0.1, 0.15) is 31.1 Å². The third kappa shape index (κ3) is 4.49. The number of benzene rings is 2. The number of para-hydroxylation sites is 1. The second-order valence-electron chi connectivity index (χ2n) is 5.97. The summed E-state index contributed by atoms with van der Waals surface area (Å²) in [7, 11) is 0. The lowest BCUT2D eigenvalue weighted by Crippen LogP contribution is -2.23. The van der Waals surface area contributed by atoms with E-state index in [0.29, 0.717) is 11.7 Å². The third-order valence-electron chi connectivity index (χ3n) is 4.00. The Labute approximate surface area is 162 Å². The van der Waals surface area contributed by atoms with Crippen LogP contribution in [0.5, 0.6) is 0 Å². The molecule has 2 aromatic carbocycles. The smallest absolute Gasteiger partial charge is 0.230 e. The van der Waals surface area contributed by atoms with Gasteiger partial charge in [0.05, 0.1) is 11.4 Å². The molecule has 0 fully saturated rings. The number of hydrogen-bond acceptors (Lipinski definition) is 4. The Bertz CT molecular complexity index is 882. The highest BCUT2D eigenvalue weighted by Gasteiger charge is 2.17. The minimum atomic E-state index is -0.0580. The number of carbonyl (C=O) groups excluding carboxylic acids is 1. The highest BCUT2D eigenvalue weighted by molar-refractivity contribution is 7.14. The van der Waals surface area contributed by atoms with Crippen molar-refractivity contribution in [3.8, 4) is 0 Å². The number of aromatic nitrogens is 1. The molecule has 4 nitrogen and oxygen atoms in total. The molecule has 134 valence electrons. The monoisotopic (exact) mass is 385 g/mol. The molecule has 1 aromatic heterocycles. The van der Waals surface area contributed by atoms with Gasteiger partial charge in [-0.3, -0.25) is 9.69 Å². The molecule has 0 aliphatic carbocycles. The van der Waals surface area contributed by atoms with Gasteiger partial charge in [0.15, 0.2) is 5.13 Å². The first-order chi connectivity index (χ1) is 12.5. The van der Waals surface area contributed by atoms with Gasteiger partial charge in [0.2, 0.25) is 5.91 Å². The highest BCUT2D eigenvalue weighted by Crippen LogP contribution is 2.29. The normalized spacial score (nSPS) is 12.0. The fourth-order valence-electron chi connectivity index (χ4n) is 2.64. The first-order valence-corrected chi connectivity index (χ1v) is 9.59. The molecule has 1 amide bonds. The third-order valence-corrected chi connectivity index (χ3v) is 5.11. The van der Waals surface area contributed by atoms with E-state index < -0.39 is 0 Å². The van der Waals surface area contributed by atoms with Gasteiger partial charge in [-0.2, -0.15) is 0 Å². The Morgan fingerprint density at radius 3 is 2.69 bits per heavy atom. The van der Waals surface area contributed by atoms with Crippen molar-refractivity contribution in [3.05, 3.63) is 76.3 Å². The lowest BCUT2D eigenvalue weighted by molar-refractivity contribution is -0.115. The van der Waals surface area contributed by atoms with Gasteiger partial charge in [-0.15, -0.1) is 11.3 Å². The number of carbonyl (C=O) groups is 1. The Kier molecular flexibility index (Phi) is 6.04. The number of nitrogens with one attached hydrogen (secondary N) is 1. The Morgan fingerprint density at radius 1 is 1.23 bits per heavy atom. The quantitative estimate of drug-likeness (QED) is 0.623. The van der Waals surface area contributed by atoms with Crippen molar-refractivity contribution in [1.29, 1.82) is 0 Å². The number of anilines is 2. The van der Waals surface area contributed by atoms with E-state index in [1.165, 1.54) is 11.3 Å². The molecule has 0 spiro atoms. The van der Waals surface area contributed by atoms with E-state index in [-0.39, 0.29) is 11.9 Å². The standard InChI is InChI=1S/C20H20ClN3OS/c1-14(16-7-6-8-17(21)11-16)22-12-18-13-26-20(23-18)24(15(2)25)19-9-4-3-5-10-19/h3-11,13-14,22H,12H2,1-2H3/t14-/m1/s1. The Hall–Kier alpha value is -2.21. The van der Waals surface area contributed by atoms with Crippen LogP contribution < -0.4 is 10.2 Å². The summed E-state index contributed by atoms with van der Waals surface area (Å²) < 4.78 is 0. The molecule has 0 saturated carbocycles. The number of thiazole rings is 1. The van der Waals surface area contributed by atoms with E-state index in [9.17, 15) is 4.79 Å². The summed E-state index contributed by atoms with van der Waals surface area (Å²) in [6.45, 7) is 4.25. The minimum absolute atomic E-state index is 0.0580. The highest BCUT2D eigenvalue weighted by atomic mass is 35.5. The molecule has 0 aliphatic heterocycles. The maximum atomic E-state index is 12.1. The van der Waals surface area contributed by atoms with Crippen LogP contribution in [0.15, 0.2) is 60.0 Å². The molecule has 0 aliphatic rings. The van der Waals surface area contributed by atoms with Crippen LogP contribution in [0.25, 0.3) is 0 Å². The molecule has 0 radical (unpaired) electrons. The van der Waals surface area contributed by atoms with Crippen LogP contribution >= 0.6 is 22.9 Å². The number of nitrogens with zero attached hydrogens (tertiary/aromatic N) is 2. The average molecular weight is 386 g/mol. The van der Waals surface area contributed by atoms with E-state index in [4.69, 9.17) is 11.6 Å². The van der Waals surface area contributed by atoms with Gasteiger partial charge in [0.1, 0.15) is 0 Å². The zero-order chi connectivity index (χ0) is 18.5. The van der Waals surface area contributed by atoms with Gasteiger partial charge in [-0.05, 0) is 36.8 Å². The lowest BCUT2D eigenvalue weighted by Gasteiger charge is -2.17. The van der Waals surface area contributed by atoms with E-state index in [1.54, 1.807) is 11.8 Å². The zero-order valence-electron chi connectivity index (χ0n) is 14.6. The molecule has 1 atom stereocenters. The average Bonchev–Trinajstić information content (AvgIpc) is 3.09. The number of hydrogen-bond donors (Lipinski definition) is 1. The molecule has 0 bridgehead atoms. The fraction of sp³-hybridized carbons (Fsp3) is 0.200. The zero-order valence-corrected chi connectivity index (χ0v) is 16.2. The number of rotatable bonds is 6. The molecular weight excluding hydrogens is 366 g/mol. The summed E-state index contributed by atoms with van der Waals surface area (Å²) in [6, 6.07) is 17.5. The molecule has 26 heavy (non-hydrogen) atoms. The molecule has 1 heterocycles. The first kappa shape index (κ1) is 18.6. The predicted octanol–water partition coefficient (Wildman–Crippen LogP) is 5.33. The van der Waals surface area contributed by atoms with Crippen LogP contribution in [0, 0.1) is 0 Å². The van der Waals surface area contributed by atoms with Crippen LogP contribution in [0.2, 0.25) is 5.02 Å². The number of halogens is 1. The predicted molar refractivity (Wildman–Crippen MR) is 108 cm³/mol. The van der Waals surface area contributed by atoms with Crippen molar-refractivity contribution in [3.63, 3.8) is 0 Å². The van der Waals surface area contributed by atoms with Gasteiger partial charge in [-0.1, -0.05) is 41.9 Å². The maximum absolute atomic E-state index is 12.1. The SMILES string of the molecule is CC(=O)N(c1ccccc1)c1nc(CN[C@H](C)c2cccc(Cl)c2)cs1. The van der Waals surface area contributed by atoms with E-state index in [2.05, 4.69) is 17.2 Å². The summed E-state index contributed by atoms with van der Waals surface area (Å²) in [5, 5.41) is 6.83. The topological polar surface area (TPSA) is 45.2 Å². The minimum Gasteiger partial charge on any atom is -0.305 e. The molecule has 3 rings (SSSR count). The van der Waals surface area contributed by atoms with Crippen molar-refractivity contribution in [2.24, 2.45) is 0 Å². The van der Waals surface area contributed by atoms with Crippen molar-refractivity contribution < 1.29 is 4.79 Å². The van der Waals surface area contributed by atoms with Crippen LogP contribution in [-0.2, 0) is 11.3 Å². The molecule has 3 aromatic rings.